The van der Waals surface area contributed by atoms with Crippen molar-refractivity contribution in [2.75, 3.05) is 20.2 Å². The van der Waals surface area contributed by atoms with E-state index in [2.05, 4.69) is 4.90 Å². The molecule has 0 spiro atoms. The minimum atomic E-state index is 0.107. The van der Waals surface area contributed by atoms with Crippen molar-refractivity contribution < 1.29 is 9.53 Å². The summed E-state index contributed by atoms with van der Waals surface area (Å²) >= 11 is 0. The topological polar surface area (TPSA) is 29.5 Å². The number of carbonyl (C=O) groups is 1. The molecule has 0 amide bonds. The molecular formula is C14H19NO2. The second kappa shape index (κ2) is 5.32. The first-order valence-electron chi connectivity index (χ1n) is 6.11. The summed E-state index contributed by atoms with van der Waals surface area (Å²) in [5.41, 5.74) is 1.88. The zero-order valence-corrected chi connectivity index (χ0v) is 10.5. The summed E-state index contributed by atoms with van der Waals surface area (Å²) in [6.07, 6.45) is 2.55. The van der Waals surface area contributed by atoms with Gasteiger partial charge in [-0.3, -0.25) is 9.69 Å². The summed E-state index contributed by atoms with van der Waals surface area (Å²) in [5, 5.41) is 0. The first-order valence-corrected chi connectivity index (χ1v) is 6.11. The maximum absolute atomic E-state index is 11.4. The molecule has 2 rings (SSSR count). The van der Waals surface area contributed by atoms with Gasteiger partial charge >= 0.3 is 0 Å². The molecule has 1 saturated heterocycles. The van der Waals surface area contributed by atoms with E-state index in [0.29, 0.717) is 0 Å². The number of hydrogen-bond acceptors (Lipinski definition) is 3. The number of ketones is 1. The van der Waals surface area contributed by atoms with Crippen LogP contribution in [0.5, 0.6) is 5.75 Å². The number of hydrogen-bond donors (Lipinski definition) is 0. The van der Waals surface area contributed by atoms with Crippen molar-refractivity contribution in [1.29, 1.82) is 0 Å². The van der Waals surface area contributed by atoms with Crippen LogP contribution in [0.4, 0.5) is 0 Å². The summed E-state index contributed by atoms with van der Waals surface area (Å²) in [7, 11) is 1.68. The average molecular weight is 233 g/mol. The molecule has 0 unspecified atom stereocenters. The molecule has 0 atom stereocenters. The number of rotatable bonds is 4. The number of methoxy groups -OCH3 is 1. The van der Waals surface area contributed by atoms with Gasteiger partial charge in [-0.1, -0.05) is 0 Å². The third-order valence-corrected chi connectivity index (χ3v) is 3.28. The third kappa shape index (κ3) is 2.86. The minimum absolute atomic E-state index is 0.107. The van der Waals surface area contributed by atoms with Crippen LogP contribution in [-0.4, -0.2) is 30.9 Å². The van der Waals surface area contributed by atoms with Crippen LogP contribution in [0.3, 0.4) is 0 Å². The molecule has 0 N–H and O–H groups in total. The van der Waals surface area contributed by atoms with E-state index in [9.17, 15) is 4.79 Å². The van der Waals surface area contributed by atoms with Gasteiger partial charge in [0.15, 0.2) is 5.78 Å². The number of carbonyl (C=O) groups excluding carboxylic acids is 1. The maximum atomic E-state index is 11.4. The molecule has 1 aliphatic rings. The lowest BCUT2D eigenvalue weighted by Crippen LogP contribution is -2.19. The zero-order valence-electron chi connectivity index (χ0n) is 10.5. The Labute approximate surface area is 102 Å². The molecule has 0 aliphatic carbocycles. The van der Waals surface area contributed by atoms with Gasteiger partial charge in [0.05, 0.1) is 7.11 Å². The molecule has 0 aromatic heterocycles. The number of Topliss-reactive ketones (excluding diaryl/α,β-unsaturated/α-hetero) is 1. The Bertz CT molecular complexity index is 409. The Morgan fingerprint density at radius 1 is 1.35 bits per heavy atom. The SMILES string of the molecule is COc1ccc(C(C)=O)cc1CN1CCCC1. The van der Waals surface area contributed by atoms with E-state index in [-0.39, 0.29) is 5.78 Å². The average Bonchev–Trinajstić information content (AvgIpc) is 2.81. The Morgan fingerprint density at radius 3 is 2.65 bits per heavy atom. The minimum Gasteiger partial charge on any atom is -0.496 e. The highest BCUT2D eigenvalue weighted by Gasteiger charge is 2.15. The first-order chi connectivity index (χ1) is 8.20. The van der Waals surface area contributed by atoms with Crippen LogP contribution < -0.4 is 4.74 Å². The quantitative estimate of drug-likeness (QED) is 0.748. The molecule has 0 bridgehead atoms. The molecule has 1 fully saturated rings. The maximum Gasteiger partial charge on any atom is 0.159 e. The summed E-state index contributed by atoms with van der Waals surface area (Å²) in [6.45, 7) is 4.77. The Morgan fingerprint density at radius 2 is 2.06 bits per heavy atom. The van der Waals surface area contributed by atoms with Gasteiger partial charge in [0.25, 0.3) is 0 Å². The largest absolute Gasteiger partial charge is 0.496 e. The highest BCUT2D eigenvalue weighted by Crippen LogP contribution is 2.23. The van der Waals surface area contributed by atoms with Gasteiger partial charge in [-0.15, -0.1) is 0 Å². The van der Waals surface area contributed by atoms with Gasteiger partial charge in [0.2, 0.25) is 0 Å². The normalized spacial score (nSPS) is 16.1. The second-order valence-corrected chi connectivity index (χ2v) is 4.57. The van der Waals surface area contributed by atoms with E-state index < -0.39 is 0 Å². The number of nitrogens with zero attached hydrogens (tertiary/aromatic N) is 1. The summed E-state index contributed by atoms with van der Waals surface area (Å²) in [5.74, 6) is 0.984. The van der Waals surface area contributed by atoms with Gasteiger partial charge in [-0.05, 0) is 51.1 Å². The van der Waals surface area contributed by atoms with E-state index in [0.717, 1.165) is 36.5 Å². The first kappa shape index (κ1) is 12.1. The molecule has 92 valence electrons. The van der Waals surface area contributed by atoms with Gasteiger partial charge in [-0.25, -0.2) is 0 Å². The van der Waals surface area contributed by atoms with Crippen molar-refractivity contribution in [3.63, 3.8) is 0 Å². The highest BCUT2D eigenvalue weighted by atomic mass is 16.5. The molecule has 0 radical (unpaired) electrons. The Hall–Kier alpha value is -1.35. The summed E-state index contributed by atoms with van der Waals surface area (Å²) < 4.78 is 5.35. The highest BCUT2D eigenvalue weighted by molar-refractivity contribution is 5.94. The lowest BCUT2D eigenvalue weighted by molar-refractivity contribution is 0.101. The molecule has 3 heteroatoms. The molecule has 17 heavy (non-hydrogen) atoms. The van der Waals surface area contributed by atoms with Crippen LogP contribution in [-0.2, 0) is 6.54 Å². The zero-order chi connectivity index (χ0) is 12.3. The van der Waals surface area contributed by atoms with Gasteiger partial charge < -0.3 is 4.74 Å². The smallest absolute Gasteiger partial charge is 0.159 e. The predicted molar refractivity (Wildman–Crippen MR) is 67.5 cm³/mol. The number of likely N-dealkylation sites (tertiary alicyclic amines) is 1. The van der Waals surface area contributed by atoms with Crippen LogP contribution in [0.15, 0.2) is 18.2 Å². The molecule has 1 aromatic carbocycles. The van der Waals surface area contributed by atoms with Crippen molar-refractivity contribution >= 4 is 5.78 Å². The molecule has 1 aromatic rings. The van der Waals surface area contributed by atoms with Crippen LogP contribution in [0, 0.1) is 0 Å². The van der Waals surface area contributed by atoms with E-state index in [1.807, 2.05) is 18.2 Å². The fourth-order valence-corrected chi connectivity index (χ4v) is 2.30. The summed E-state index contributed by atoms with van der Waals surface area (Å²) in [6, 6.07) is 5.68. The Balaban J connectivity index is 2.21. The predicted octanol–water partition coefficient (Wildman–Crippen LogP) is 2.49. The van der Waals surface area contributed by atoms with Crippen LogP contribution in [0.2, 0.25) is 0 Å². The van der Waals surface area contributed by atoms with Crippen LogP contribution >= 0.6 is 0 Å². The number of benzene rings is 1. The molecular weight excluding hydrogens is 214 g/mol. The van der Waals surface area contributed by atoms with E-state index in [1.165, 1.54) is 12.8 Å². The van der Waals surface area contributed by atoms with Crippen molar-refractivity contribution in [3.05, 3.63) is 29.3 Å². The van der Waals surface area contributed by atoms with Crippen molar-refractivity contribution in [2.24, 2.45) is 0 Å². The van der Waals surface area contributed by atoms with E-state index >= 15 is 0 Å². The van der Waals surface area contributed by atoms with Crippen LogP contribution in [0.1, 0.15) is 35.7 Å². The Kier molecular flexibility index (Phi) is 3.79. The molecule has 0 saturated carbocycles. The van der Waals surface area contributed by atoms with Crippen LogP contribution in [0.25, 0.3) is 0 Å². The number of ether oxygens (including phenoxy) is 1. The second-order valence-electron chi connectivity index (χ2n) is 4.57. The fourth-order valence-electron chi connectivity index (χ4n) is 2.30. The van der Waals surface area contributed by atoms with E-state index in [1.54, 1.807) is 14.0 Å². The van der Waals surface area contributed by atoms with Crippen molar-refractivity contribution in [3.8, 4) is 5.75 Å². The van der Waals surface area contributed by atoms with Crippen molar-refractivity contribution in [2.45, 2.75) is 26.3 Å². The van der Waals surface area contributed by atoms with Gasteiger partial charge in [-0.2, -0.15) is 0 Å². The monoisotopic (exact) mass is 233 g/mol. The van der Waals surface area contributed by atoms with Crippen molar-refractivity contribution in [1.82, 2.24) is 4.90 Å². The molecule has 1 heterocycles. The lowest BCUT2D eigenvalue weighted by atomic mass is 10.1. The third-order valence-electron chi connectivity index (χ3n) is 3.28. The van der Waals surface area contributed by atoms with E-state index in [4.69, 9.17) is 4.74 Å². The molecule has 3 nitrogen and oxygen atoms in total. The van der Waals surface area contributed by atoms with Gasteiger partial charge in [0, 0.05) is 17.7 Å². The standard InChI is InChI=1S/C14H19NO2/c1-11(16)12-5-6-14(17-2)13(9-12)10-15-7-3-4-8-15/h5-6,9H,3-4,7-8,10H2,1-2H3. The molecule has 1 aliphatic heterocycles. The van der Waals surface area contributed by atoms with Gasteiger partial charge in [0.1, 0.15) is 5.75 Å². The summed E-state index contributed by atoms with van der Waals surface area (Å²) in [4.78, 5) is 13.8. The fraction of sp³-hybridized carbons (Fsp3) is 0.500. The lowest BCUT2D eigenvalue weighted by Gasteiger charge is -2.17.